The second-order valence-corrected chi connectivity index (χ2v) is 4.74. The zero-order valence-corrected chi connectivity index (χ0v) is 12.3. The van der Waals surface area contributed by atoms with Crippen LogP contribution in [0.4, 0.5) is 0 Å². The molecule has 1 rings (SSSR count). The summed E-state index contributed by atoms with van der Waals surface area (Å²) in [4.78, 5) is 11.8. The lowest BCUT2D eigenvalue weighted by atomic mass is 10.1. The molecule has 0 radical (unpaired) electrons. The number of para-hydroxylation sites is 1. The van der Waals surface area contributed by atoms with E-state index in [2.05, 4.69) is 5.32 Å². The van der Waals surface area contributed by atoms with Gasteiger partial charge in [0.2, 0.25) is 0 Å². The van der Waals surface area contributed by atoms with Gasteiger partial charge < -0.3 is 19.9 Å². The van der Waals surface area contributed by atoms with Gasteiger partial charge in [-0.1, -0.05) is 18.2 Å². The lowest BCUT2D eigenvalue weighted by Crippen LogP contribution is -2.41. The molecule has 0 heterocycles. The third-order valence-electron chi connectivity index (χ3n) is 2.97. The van der Waals surface area contributed by atoms with Gasteiger partial charge in [0.1, 0.15) is 5.75 Å². The highest BCUT2D eigenvalue weighted by Gasteiger charge is 2.13. The topological polar surface area (TPSA) is 67.8 Å². The smallest absolute Gasteiger partial charge is 0.258 e. The van der Waals surface area contributed by atoms with Crippen LogP contribution in [0.15, 0.2) is 18.2 Å². The molecule has 1 atom stereocenters. The van der Waals surface area contributed by atoms with E-state index < -0.39 is 0 Å². The minimum absolute atomic E-state index is 0.00602. The van der Waals surface area contributed by atoms with E-state index in [9.17, 15) is 4.79 Å². The monoisotopic (exact) mass is 281 g/mol. The molecule has 20 heavy (non-hydrogen) atoms. The number of aliphatic hydroxyl groups excluding tert-OH is 1. The summed E-state index contributed by atoms with van der Waals surface area (Å²) in [6.45, 7) is 4.22. The van der Waals surface area contributed by atoms with Crippen LogP contribution in [0, 0.1) is 13.8 Å². The van der Waals surface area contributed by atoms with Gasteiger partial charge in [0.15, 0.2) is 6.61 Å². The van der Waals surface area contributed by atoms with Crippen molar-refractivity contribution in [2.75, 3.05) is 26.9 Å². The van der Waals surface area contributed by atoms with Crippen LogP contribution < -0.4 is 10.1 Å². The van der Waals surface area contributed by atoms with Crippen LogP contribution in [-0.4, -0.2) is 44.0 Å². The maximum atomic E-state index is 11.8. The number of methoxy groups -OCH3 is 1. The minimum Gasteiger partial charge on any atom is -0.483 e. The fourth-order valence-corrected chi connectivity index (χ4v) is 1.99. The third kappa shape index (κ3) is 5.19. The first kappa shape index (κ1) is 16.5. The predicted molar refractivity (Wildman–Crippen MR) is 76.9 cm³/mol. The SMILES string of the molecule is COCC(CCO)NC(=O)COc1c(C)cccc1C. The van der Waals surface area contributed by atoms with E-state index in [0.29, 0.717) is 13.0 Å². The van der Waals surface area contributed by atoms with Crippen LogP contribution in [-0.2, 0) is 9.53 Å². The number of benzene rings is 1. The molecule has 5 heteroatoms. The van der Waals surface area contributed by atoms with Gasteiger partial charge in [-0.3, -0.25) is 4.79 Å². The Morgan fingerprint density at radius 2 is 2.00 bits per heavy atom. The molecule has 5 nitrogen and oxygen atoms in total. The standard InChI is InChI=1S/C15H23NO4/c1-11-5-4-6-12(2)15(11)20-10-14(18)16-13(7-8-17)9-19-3/h4-6,13,17H,7-10H2,1-3H3,(H,16,18). The summed E-state index contributed by atoms with van der Waals surface area (Å²) >= 11 is 0. The first-order valence-electron chi connectivity index (χ1n) is 6.66. The normalized spacial score (nSPS) is 12.0. The van der Waals surface area contributed by atoms with Crippen LogP contribution in [0.3, 0.4) is 0 Å². The van der Waals surface area contributed by atoms with Gasteiger partial charge in [-0.25, -0.2) is 0 Å². The summed E-state index contributed by atoms with van der Waals surface area (Å²) in [6.07, 6.45) is 0.461. The lowest BCUT2D eigenvalue weighted by Gasteiger charge is -2.17. The van der Waals surface area contributed by atoms with Crippen LogP contribution in [0.25, 0.3) is 0 Å². The molecule has 1 aromatic carbocycles. The molecule has 0 bridgehead atoms. The number of ether oxygens (including phenoxy) is 2. The Hall–Kier alpha value is -1.59. The van der Waals surface area contributed by atoms with Crippen molar-refractivity contribution in [1.29, 1.82) is 0 Å². The van der Waals surface area contributed by atoms with E-state index in [1.807, 2.05) is 32.0 Å². The average Bonchev–Trinajstić information content (AvgIpc) is 2.38. The fourth-order valence-electron chi connectivity index (χ4n) is 1.99. The summed E-state index contributed by atoms with van der Waals surface area (Å²) < 4.78 is 10.6. The largest absolute Gasteiger partial charge is 0.483 e. The highest BCUT2D eigenvalue weighted by molar-refractivity contribution is 5.78. The molecule has 0 fully saturated rings. The lowest BCUT2D eigenvalue weighted by molar-refractivity contribution is -0.124. The number of carbonyl (C=O) groups excluding carboxylic acids is 1. The highest BCUT2D eigenvalue weighted by atomic mass is 16.5. The summed E-state index contributed by atoms with van der Waals surface area (Å²) in [5, 5.41) is 11.7. The Morgan fingerprint density at radius 3 is 2.55 bits per heavy atom. The molecule has 0 aliphatic heterocycles. The molecule has 1 aromatic rings. The summed E-state index contributed by atoms with van der Waals surface area (Å²) in [7, 11) is 1.56. The number of aliphatic hydroxyl groups is 1. The number of aryl methyl sites for hydroxylation is 2. The number of hydrogen-bond acceptors (Lipinski definition) is 4. The first-order valence-corrected chi connectivity index (χ1v) is 6.66. The molecular weight excluding hydrogens is 258 g/mol. The van der Waals surface area contributed by atoms with E-state index >= 15 is 0 Å². The average molecular weight is 281 g/mol. The van der Waals surface area contributed by atoms with Crippen molar-refractivity contribution in [3.63, 3.8) is 0 Å². The van der Waals surface area contributed by atoms with Crippen molar-refractivity contribution in [3.8, 4) is 5.75 Å². The molecule has 0 spiro atoms. The number of nitrogens with one attached hydrogen (secondary N) is 1. The summed E-state index contributed by atoms with van der Waals surface area (Å²) in [5.41, 5.74) is 2.00. The van der Waals surface area contributed by atoms with E-state index in [-0.39, 0.29) is 25.2 Å². The van der Waals surface area contributed by atoms with Gasteiger partial charge in [0.25, 0.3) is 5.91 Å². The Bertz CT molecular complexity index is 408. The second kappa shape index (κ2) is 8.55. The van der Waals surface area contributed by atoms with Gasteiger partial charge in [-0.05, 0) is 31.4 Å². The molecule has 1 unspecified atom stereocenters. The summed E-state index contributed by atoms with van der Waals surface area (Å²) in [6, 6.07) is 5.64. The zero-order valence-electron chi connectivity index (χ0n) is 12.3. The predicted octanol–water partition coefficient (Wildman–Crippen LogP) is 1.20. The quantitative estimate of drug-likeness (QED) is 0.751. The van der Waals surface area contributed by atoms with Gasteiger partial charge in [-0.2, -0.15) is 0 Å². The Labute approximate surface area is 119 Å². The van der Waals surface area contributed by atoms with Crippen molar-refractivity contribution in [2.24, 2.45) is 0 Å². The first-order chi connectivity index (χ1) is 9.58. The van der Waals surface area contributed by atoms with E-state index in [1.54, 1.807) is 7.11 Å². The molecule has 0 saturated carbocycles. The number of carbonyl (C=O) groups is 1. The van der Waals surface area contributed by atoms with Crippen molar-refractivity contribution in [3.05, 3.63) is 29.3 Å². The maximum absolute atomic E-state index is 11.8. The Morgan fingerprint density at radius 1 is 1.35 bits per heavy atom. The molecule has 0 aromatic heterocycles. The Kier molecular flexibility index (Phi) is 7.04. The summed E-state index contributed by atoms with van der Waals surface area (Å²) in [5.74, 6) is 0.524. The van der Waals surface area contributed by atoms with Crippen molar-refractivity contribution >= 4 is 5.91 Å². The van der Waals surface area contributed by atoms with Crippen LogP contribution in [0.5, 0.6) is 5.75 Å². The molecular formula is C15H23NO4. The van der Waals surface area contributed by atoms with Crippen LogP contribution in [0.1, 0.15) is 17.5 Å². The van der Waals surface area contributed by atoms with E-state index in [4.69, 9.17) is 14.6 Å². The highest BCUT2D eigenvalue weighted by Crippen LogP contribution is 2.21. The molecule has 2 N–H and O–H groups in total. The second-order valence-electron chi connectivity index (χ2n) is 4.74. The number of amides is 1. The van der Waals surface area contributed by atoms with Gasteiger partial charge in [0, 0.05) is 13.7 Å². The molecule has 0 aliphatic carbocycles. The van der Waals surface area contributed by atoms with Gasteiger partial charge in [-0.15, -0.1) is 0 Å². The fraction of sp³-hybridized carbons (Fsp3) is 0.533. The van der Waals surface area contributed by atoms with E-state index in [1.165, 1.54) is 0 Å². The van der Waals surface area contributed by atoms with Crippen molar-refractivity contribution < 1.29 is 19.4 Å². The van der Waals surface area contributed by atoms with Crippen molar-refractivity contribution in [1.82, 2.24) is 5.32 Å². The third-order valence-corrected chi connectivity index (χ3v) is 2.97. The Balaban J connectivity index is 2.50. The molecule has 112 valence electrons. The number of rotatable bonds is 8. The number of hydrogen-bond donors (Lipinski definition) is 2. The molecule has 1 amide bonds. The molecule has 0 aliphatic rings. The van der Waals surface area contributed by atoms with Gasteiger partial charge >= 0.3 is 0 Å². The zero-order chi connectivity index (χ0) is 15.0. The minimum atomic E-state index is -0.219. The maximum Gasteiger partial charge on any atom is 0.258 e. The van der Waals surface area contributed by atoms with Crippen molar-refractivity contribution in [2.45, 2.75) is 26.3 Å². The van der Waals surface area contributed by atoms with Crippen LogP contribution in [0.2, 0.25) is 0 Å². The van der Waals surface area contributed by atoms with Crippen LogP contribution >= 0.6 is 0 Å². The van der Waals surface area contributed by atoms with Gasteiger partial charge in [0.05, 0.1) is 12.6 Å². The molecule has 0 saturated heterocycles. The van der Waals surface area contributed by atoms with E-state index in [0.717, 1.165) is 16.9 Å².